The van der Waals surface area contributed by atoms with E-state index in [4.69, 9.17) is 0 Å². The molecule has 0 N–H and O–H groups in total. The van der Waals surface area contributed by atoms with Crippen LogP contribution in [0.25, 0.3) is 0 Å². The molecule has 0 fully saturated rings. The van der Waals surface area contributed by atoms with Crippen molar-refractivity contribution in [3.8, 4) is 0 Å². The van der Waals surface area contributed by atoms with Crippen LogP contribution in [0.3, 0.4) is 0 Å². The van der Waals surface area contributed by atoms with E-state index in [1.165, 1.54) is 116 Å². The summed E-state index contributed by atoms with van der Waals surface area (Å²) in [5.41, 5.74) is 0. The summed E-state index contributed by atoms with van der Waals surface area (Å²) in [4.78, 5) is 0. The van der Waals surface area contributed by atoms with Crippen molar-refractivity contribution in [2.75, 3.05) is 0 Å². The second-order valence-electron chi connectivity index (χ2n) is 7.00. The Morgan fingerprint density at radius 1 is 0.364 bits per heavy atom. The fraction of sp³-hybridized carbons (Fsp3) is 0.909. The maximum Gasteiger partial charge on any atom is -0.0351 e. The van der Waals surface area contributed by atoms with Crippen LogP contribution in [0.2, 0.25) is 0 Å². The van der Waals surface area contributed by atoms with Crippen LogP contribution in [0.5, 0.6) is 0 Å². The second-order valence-corrected chi connectivity index (χ2v) is 7.00. The molecule has 22 heavy (non-hydrogen) atoms. The lowest BCUT2D eigenvalue weighted by Crippen LogP contribution is -1.80. The lowest BCUT2D eigenvalue weighted by atomic mass is 10.1. The van der Waals surface area contributed by atoms with Crippen molar-refractivity contribution in [2.24, 2.45) is 0 Å². The molecule has 0 heterocycles. The Labute approximate surface area is 142 Å². The molecule has 0 aromatic heterocycles. The predicted octanol–water partition coefficient (Wildman–Crippen LogP) is 8.60. The first-order valence-corrected chi connectivity index (χ1v) is 10.6. The van der Waals surface area contributed by atoms with Crippen molar-refractivity contribution < 1.29 is 0 Å². The summed E-state index contributed by atoms with van der Waals surface area (Å²) in [7, 11) is 0. The molecular formula is C22H44. The van der Waals surface area contributed by atoms with Gasteiger partial charge in [-0.15, -0.1) is 0 Å². The molecule has 132 valence electrons. The van der Waals surface area contributed by atoms with E-state index in [1.807, 2.05) is 0 Å². The molecule has 0 aromatic rings. The summed E-state index contributed by atoms with van der Waals surface area (Å²) in [5.74, 6) is 0. The van der Waals surface area contributed by atoms with E-state index in [0.29, 0.717) is 0 Å². The van der Waals surface area contributed by atoms with E-state index in [1.54, 1.807) is 0 Å². The van der Waals surface area contributed by atoms with E-state index < -0.39 is 0 Å². The van der Waals surface area contributed by atoms with Crippen LogP contribution in [0.4, 0.5) is 0 Å². The first kappa shape index (κ1) is 21.7. The third kappa shape index (κ3) is 19.7. The van der Waals surface area contributed by atoms with Crippen LogP contribution < -0.4 is 0 Å². The lowest BCUT2D eigenvalue weighted by molar-refractivity contribution is 0.575. The van der Waals surface area contributed by atoms with Crippen molar-refractivity contribution in [1.82, 2.24) is 0 Å². The van der Waals surface area contributed by atoms with Crippen molar-refractivity contribution in [2.45, 2.75) is 129 Å². The molecule has 0 rings (SSSR count). The van der Waals surface area contributed by atoms with Crippen molar-refractivity contribution in [1.29, 1.82) is 0 Å². The standard InChI is InChI=1S/C22H44/c1-3-5-7-9-11-13-15-17-19-21-22-20-18-16-14-12-10-8-6-4-2/h21-22H,3-20H2,1-2H3. The minimum atomic E-state index is 1.31. The van der Waals surface area contributed by atoms with Gasteiger partial charge in [0.2, 0.25) is 0 Å². The highest BCUT2D eigenvalue weighted by atomic mass is 14.0. The van der Waals surface area contributed by atoms with Gasteiger partial charge in [-0.25, -0.2) is 0 Å². The van der Waals surface area contributed by atoms with Gasteiger partial charge in [-0.3, -0.25) is 0 Å². The molecule has 0 amide bonds. The van der Waals surface area contributed by atoms with Crippen LogP contribution >= 0.6 is 0 Å². The highest BCUT2D eigenvalue weighted by Gasteiger charge is 1.91. The van der Waals surface area contributed by atoms with Gasteiger partial charge in [-0.05, 0) is 25.7 Å². The minimum absolute atomic E-state index is 1.31. The van der Waals surface area contributed by atoms with Gasteiger partial charge in [0, 0.05) is 0 Å². The summed E-state index contributed by atoms with van der Waals surface area (Å²) >= 11 is 0. The molecule has 0 radical (unpaired) electrons. The Kier molecular flexibility index (Phi) is 20.5. The molecule has 0 aliphatic heterocycles. The molecule has 0 aliphatic carbocycles. The van der Waals surface area contributed by atoms with Crippen LogP contribution in [0, 0.1) is 0 Å². The monoisotopic (exact) mass is 308 g/mol. The van der Waals surface area contributed by atoms with Gasteiger partial charge in [0.15, 0.2) is 0 Å². The average molecular weight is 309 g/mol. The summed E-state index contributed by atoms with van der Waals surface area (Å²) < 4.78 is 0. The highest BCUT2D eigenvalue weighted by molar-refractivity contribution is 4.81. The van der Waals surface area contributed by atoms with Crippen molar-refractivity contribution in [3.05, 3.63) is 12.2 Å². The maximum absolute atomic E-state index is 2.43. The molecule has 0 bridgehead atoms. The van der Waals surface area contributed by atoms with Gasteiger partial charge < -0.3 is 0 Å². The minimum Gasteiger partial charge on any atom is -0.0885 e. The zero-order valence-corrected chi connectivity index (χ0v) is 15.9. The molecule has 0 aliphatic rings. The van der Waals surface area contributed by atoms with Gasteiger partial charge in [-0.1, -0.05) is 116 Å². The van der Waals surface area contributed by atoms with E-state index in [0.717, 1.165) is 0 Å². The SMILES string of the molecule is CCCCCCCCCCC=CCCCCCCCCCC. The largest absolute Gasteiger partial charge is 0.0885 e. The van der Waals surface area contributed by atoms with Crippen molar-refractivity contribution >= 4 is 0 Å². The molecule has 0 atom stereocenters. The Morgan fingerprint density at radius 2 is 0.636 bits per heavy atom. The van der Waals surface area contributed by atoms with E-state index in [2.05, 4.69) is 26.0 Å². The van der Waals surface area contributed by atoms with Crippen molar-refractivity contribution in [3.63, 3.8) is 0 Å². The van der Waals surface area contributed by atoms with Crippen LogP contribution in [-0.4, -0.2) is 0 Å². The van der Waals surface area contributed by atoms with Crippen LogP contribution in [-0.2, 0) is 0 Å². The normalized spacial score (nSPS) is 11.5. The molecule has 0 saturated heterocycles. The van der Waals surface area contributed by atoms with Gasteiger partial charge in [0.05, 0.1) is 0 Å². The number of unbranched alkanes of at least 4 members (excludes halogenated alkanes) is 16. The molecule has 0 spiro atoms. The molecule has 0 saturated carbocycles. The first-order chi connectivity index (χ1) is 10.9. The van der Waals surface area contributed by atoms with E-state index >= 15 is 0 Å². The fourth-order valence-electron chi connectivity index (χ4n) is 3.03. The van der Waals surface area contributed by atoms with Gasteiger partial charge >= 0.3 is 0 Å². The van der Waals surface area contributed by atoms with Crippen LogP contribution in [0.1, 0.15) is 129 Å². The zero-order chi connectivity index (χ0) is 16.1. The number of hydrogen-bond donors (Lipinski definition) is 0. The second kappa shape index (κ2) is 20.7. The average Bonchev–Trinajstić information content (AvgIpc) is 2.54. The molecule has 0 aromatic carbocycles. The first-order valence-electron chi connectivity index (χ1n) is 10.6. The fourth-order valence-corrected chi connectivity index (χ4v) is 3.03. The van der Waals surface area contributed by atoms with Gasteiger partial charge in [-0.2, -0.15) is 0 Å². The summed E-state index contributed by atoms with van der Waals surface area (Å²) in [6.45, 7) is 4.58. The summed E-state index contributed by atoms with van der Waals surface area (Å²) in [6.07, 6.45) is 30.4. The van der Waals surface area contributed by atoms with Gasteiger partial charge in [0.1, 0.15) is 0 Å². The Balaban J connectivity index is 3.03. The summed E-state index contributed by atoms with van der Waals surface area (Å²) in [6, 6.07) is 0. The van der Waals surface area contributed by atoms with Crippen LogP contribution in [0.15, 0.2) is 12.2 Å². The molecule has 0 nitrogen and oxygen atoms in total. The number of allylic oxidation sites excluding steroid dienone is 2. The predicted molar refractivity (Wildman–Crippen MR) is 104 cm³/mol. The Morgan fingerprint density at radius 3 is 0.955 bits per heavy atom. The highest BCUT2D eigenvalue weighted by Crippen LogP contribution is 2.11. The third-order valence-electron chi connectivity index (χ3n) is 4.62. The van der Waals surface area contributed by atoms with Gasteiger partial charge in [0.25, 0.3) is 0 Å². The van der Waals surface area contributed by atoms with E-state index in [-0.39, 0.29) is 0 Å². The number of hydrogen-bond acceptors (Lipinski definition) is 0. The quantitative estimate of drug-likeness (QED) is 0.176. The Bertz CT molecular complexity index is 182. The molecular weight excluding hydrogens is 264 g/mol. The number of rotatable bonds is 18. The third-order valence-corrected chi connectivity index (χ3v) is 4.62. The molecule has 0 heteroatoms. The smallest absolute Gasteiger partial charge is 0.0351 e. The summed E-state index contributed by atoms with van der Waals surface area (Å²) in [5, 5.41) is 0. The Hall–Kier alpha value is -0.260. The zero-order valence-electron chi connectivity index (χ0n) is 15.9. The lowest BCUT2D eigenvalue weighted by Gasteiger charge is -2.00. The molecule has 0 unspecified atom stereocenters. The van der Waals surface area contributed by atoms with E-state index in [9.17, 15) is 0 Å². The topological polar surface area (TPSA) is 0 Å². The maximum atomic E-state index is 2.43.